The van der Waals surface area contributed by atoms with Gasteiger partial charge in [-0.15, -0.1) is 0 Å². The average Bonchev–Trinajstić information content (AvgIpc) is 2.29. The van der Waals surface area contributed by atoms with Gasteiger partial charge in [0, 0.05) is 6.54 Å². The first-order valence-corrected chi connectivity index (χ1v) is 6.02. The molecule has 3 nitrogen and oxygen atoms in total. The van der Waals surface area contributed by atoms with E-state index >= 15 is 0 Å². The van der Waals surface area contributed by atoms with Gasteiger partial charge in [0.05, 0.1) is 25.2 Å². The van der Waals surface area contributed by atoms with E-state index < -0.39 is 0 Å². The van der Waals surface area contributed by atoms with Gasteiger partial charge in [-0.25, -0.2) is 0 Å². The predicted octanol–water partition coefficient (Wildman–Crippen LogP) is 1.87. The molecule has 1 aromatic carbocycles. The maximum atomic E-state index is 12.3. The molecular formula is C14H19NO2. The number of ether oxygens (including phenoxy) is 1. The molecule has 1 aromatic rings. The number of morpholine rings is 1. The van der Waals surface area contributed by atoms with Crippen molar-refractivity contribution >= 4 is 5.91 Å². The number of nitrogens with zero attached hydrogens (tertiary/aromatic N) is 1. The first-order chi connectivity index (χ1) is 8.09. The third-order valence-corrected chi connectivity index (χ3v) is 3.14. The highest BCUT2D eigenvalue weighted by Crippen LogP contribution is 2.20. The van der Waals surface area contributed by atoms with Gasteiger partial charge < -0.3 is 9.64 Å². The zero-order valence-electron chi connectivity index (χ0n) is 10.5. The Morgan fingerprint density at radius 2 is 2.06 bits per heavy atom. The second kappa shape index (κ2) is 4.88. The van der Waals surface area contributed by atoms with Crippen LogP contribution in [-0.4, -0.2) is 36.1 Å². The molecule has 0 bridgehead atoms. The fraction of sp³-hybridized carbons (Fsp3) is 0.500. The second-order valence-corrected chi connectivity index (χ2v) is 5.07. The first-order valence-electron chi connectivity index (χ1n) is 6.02. The van der Waals surface area contributed by atoms with E-state index in [0.29, 0.717) is 26.2 Å². The molecule has 0 unspecified atom stereocenters. The second-order valence-electron chi connectivity index (χ2n) is 5.07. The Hall–Kier alpha value is -1.35. The van der Waals surface area contributed by atoms with Gasteiger partial charge in [-0.3, -0.25) is 4.79 Å². The summed E-state index contributed by atoms with van der Waals surface area (Å²) in [6.45, 7) is 6.06. The van der Waals surface area contributed by atoms with Crippen molar-refractivity contribution in [2.75, 3.05) is 19.8 Å². The number of rotatable bonds is 2. The number of hydrogen-bond donors (Lipinski definition) is 0. The van der Waals surface area contributed by atoms with Crippen molar-refractivity contribution in [1.82, 2.24) is 4.90 Å². The summed E-state index contributed by atoms with van der Waals surface area (Å²) in [5.41, 5.74) is 0.879. The minimum atomic E-state index is -0.190. The summed E-state index contributed by atoms with van der Waals surface area (Å²) in [5.74, 6) is 0.185. The fourth-order valence-electron chi connectivity index (χ4n) is 2.19. The van der Waals surface area contributed by atoms with Crippen LogP contribution in [0.1, 0.15) is 19.4 Å². The minimum Gasteiger partial charge on any atom is -0.377 e. The maximum Gasteiger partial charge on any atom is 0.227 e. The van der Waals surface area contributed by atoms with Crippen molar-refractivity contribution in [1.29, 1.82) is 0 Å². The van der Waals surface area contributed by atoms with Crippen molar-refractivity contribution in [3.05, 3.63) is 35.9 Å². The molecule has 0 aromatic heterocycles. The van der Waals surface area contributed by atoms with Crippen LogP contribution in [0.2, 0.25) is 0 Å². The van der Waals surface area contributed by atoms with E-state index in [9.17, 15) is 4.79 Å². The Morgan fingerprint density at radius 1 is 1.35 bits per heavy atom. The number of benzene rings is 1. The zero-order valence-corrected chi connectivity index (χ0v) is 10.5. The van der Waals surface area contributed by atoms with Crippen LogP contribution in [0.25, 0.3) is 0 Å². The van der Waals surface area contributed by atoms with E-state index in [-0.39, 0.29) is 11.4 Å². The van der Waals surface area contributed by atoms with Crippen LogP contribution in [0, 0.1) is 0 Å². The molecule has 0 saturated carbocycles. The molecule has 92 valence electrons. The van der Waals surface area contributed by atoms with Gasteiger partial charge in [0.2, 0.25) is 5.91 Å². The van der Waals surface area contributed by atoms with E-state index in [1.54, 1.807) is 0 Å². The minimum absolute atomic E-state index is 0.185. The molecule has 2 rings (SSSR count). The summed E-state index contributed by atoms with van der Waals surface area (Å²) in [4.78, 5) is 14.2. The van der Waals surface area contributed by atoms with Gasteiger partial charge in [-0.1, -0.05) is 30.3 Å². The molecule has 1 aliphatic heterocycles. The summed E-state index contributed by atoms with van der Waals surface area (Å²) in [6.07, 6.45) is 0.476. The van der Waals surface area contributed by atoms with Gasteiger partial charge in [-0.05, 0) is 19.4 Å². The molecule has 1 saturated heterocycles. The molecule has 0 radical (unpaired) electrons. The van der Waals surface area contributed by atoms with Gasteiger partial charge in [0.1, 0.15) is 0 Å². The van der Waals surface area contributed by atoms with Gasteiger partial charge in [0.25, 0.3) is 0 Å². The molecule has 0 aliphatic carbocycles. The number of hydrogen-bond acceptors (Lipinski definition) is 2. The van der Waals surface area contributed by atoms with E-state index in [4.69, 9.17) is 4.74 Å². The molecule has 0 spiro atoms. The van der Waals surface area contributed by atoms with Crippen LogP contribution >= 0.6 is 0 Å². The molecule has 0 atom stereocenters. The van der Waals surface area contributed by atoms with Crippen LogP contribution in [0.3, 0.4) is 0 Å². The van der Waals surface area contributed by atoms with Gasteiger partial charge in [-0.2, -0.15) is 0 Å². The lowest BCUT2D eigenvalue weighted by Crippen LogP contribution is -2.55. The van der Waals surface area contributed by atoms with E-state index in [1.807, 2.05) is 35.2 Å². The van der Waals surface area contributed by atoms with Crippen LogP contribution < -0.4 is 0 Å². The van der Waals surface area contributed by atoms with Crippen molar-refractivity contribution in [3.63, 3.8) is 0 Å². The van der Waals surface area contributed by atoms with E-state index in [2.05, 4.69) is 13.8 Å². The Kier molecular flexibility index (Phi) is 3.48. The monoisotopic (exact) mass is 233 g/mol. The van der Waals surface area contributed by atoms with Crippen molar-refractivity contribution in [3.8, 4) is 0 Å². The molecular weight excluding hydrogens is 214 g/mol. The highest BCUT2D eigenvalue weighted by Gasteiger charge is 2.33. The average molecular weight is 233 g/mol. The van der Waals surface area contributed by atoms with Crippen LogP contribution in [0.4, 0.5) is 0 Å². The fourth-order valence-corrected chi connectivity index (χ4v) is 2.19. The number of amides is 1. The number of carbonyl (C=O) groups is 1. The smallest absolute Gasteiger partial charge is 0.227 e. The van der Waals surface area contributed by atoms with Crippen LogP contribution in [0.5, 0.6) is 0 Å². The highest BCUT2D eigenvalue weighted by molar-refractivity contribution is 5.79. The predicted molar refractivity (Wildman–Crippen MR) is 66.8 cm³/mol. The van der Waals surface area contributed by atoms with Crippen LogP contribution in [0.15, 0.2) is 30.3 Å². The lowest BCUT2D eigenvalue weighted by atomic mass is 10.0. The Morgan fingerprint density at radius 3 is 2.71 bits per heavy atom. The summed E-state index contributed by atoms with van der Waals surface area (Å²) in [5, 5.41) is 0. The van der Waals surface area contributed by atoms with Gasteiger partial charge >= 0.3 is 0 Å². The lowest BCUT2D eigenvalue weighted by Gasteiger charge is -2.42. The van der Waals surface area contributed by atoms with E-state index in [0.717, 1.165) is 5.56 Å². The zero-order chi connectivity index (χ0) is 12.3. The molecule has 17 heavy (non-hydrogen) atoms. The normalized spacial score (nSPS) is 19.1. The summed E-state index contributed by atoms with van der Waals surface area (Å²) >= 11 is 0. The van der Waals surface area contributed by atoms with Crippen molar-refractivity contribution < 1.29 is 9.53 Å². The summed E-state index contributed by atoms with van der Waals surface area (Å²) in [7, 11) is 0. The topological polar surface area (TPSA) is 29.5 Å². The van der Waals surface area contributed by atoms with E-state index in [1.165, 1.54) is 0 Å². The highest BCUT2D eigenvalue weighted by atomic mass is 16.5. The molecule has 1 fully saturated rings. The lowest BCUT2D eigenvalue weighted by molar-refractivity contribution is -0.145. The van der Waals surface area contributed by atoms with Gasteiger partial charge in [0.15, 0.2) is 0 Å². The third kappa shape index (κ3) is 2.86. The Bertz CT molecular complexity index is 386. The Balaban J connectivity index is 2.04. The molecule has 1 aliphatic rings. The maximum absolute atomic E-state index is 12.3. The third-order valence-electron chi connectivity index (χ3n) is 3.14. The number of carbonyl (C=O) groups excluding carboxylic acids is 1. The first kappa shape index (κ1) is 12.1. The molecule has 1 heterocycles. The van der Waals surface area contributed by atoms with Crippen molar-refractivity contribution in [2.45, 2.75) is 25.8 Å². The summed E-state index contributed by atoms with van der Waals surface area (Å²) in [6, 6.07) is 9.88. The van der Waals surface area contributed by atoms with Crippen molar-refractivity contribution in [2.24, 2.45) is 0 Å². The SMILES string of the molecule is CC1(C)COCCN1C(=O)Cc1ccccc1. The molecule has 0 N–H and O–H groups in total. The van der Waals surface area contributed by atoms with Crippen LogP contribution in [-0.2, 0) is 16.0 Å². The molecule has 3 heteroatoms. The quantitative estimate of drug-likeness (QED) is 0.780. The summed E-state index contributed by atoms with van der Waals surface area (Å²) < 4.78 is 5.42. The standard InChI is InChI=1S/C14H19NO2/c1-14(2)11-17-9-8-15(14)13(16)10-12-6-4-3-5-7-12/h3-7H,8-11H2,1-2H3. The Labute approximate surface area is 102 Å². The largest absolute Gasteiger partial charge is 0.377 e. The molecule has 1 amide bonds.